The first kappa shape index (κ1) is 16.4. The van der Waals surface area contributed by atoms with Gasteiger partial charge < -0.3 is 10.5 Å². The van der Waals surface area contributed by atoms with Crippen LogP contribution in [0.3, 0.4) is 0 Å². The van der Waals surface area contributed by atoms with Crippen molar-refractivity contribution in [3.8, 4) is 16.9 Å². The Morgan fingerprint density at radius 3 is 2.52 bits per heavy atom. The third-order valence-corrected chi connectivity index (χ3v) is 3.99. The Labute approximate surface area is 138 Å². The van der Waals surface area contributed by atoms with Crippen molar-refractivity contribution in [1.82, 2.24) is 0 Å². The van der Waals surface area contributed by atoms with Crippen molar-refractivity contribution in [2.24, 2.45) is 5.73 Å². The third-order valence-electron chi connectivity index (χ3n) is 3.36. The second kappa shape index (κ2) is 6.41. The van der Waals surface area contributed by atoms with Gasteiger partial charge in [0.2, 0.25) is 0 Å². The van der Waals surface area contributed by atoms with Crippen molar-refractivity contribution in [1.29, 1.82) is 0 Å². The van der Waals surface area contributed by atoms with Crippen LogP contribution in [0.2, 0.25) is 10.0 Å². The summed E-state index contributed by atoms with van der Waals surface area (Å²) in [6.45, 7) is 0.381. The maximum atomic E-state index is 13.8. The number of fused-ring (bicyclic) bond motifs is 1. The minimum absolute atomic E-state index is 0. The molecule has 2 N–H and O–H groups in total. The highest BCUT2D eigenvalue weighted by atomic mass is 35.5. The number of halogens is 4. The molecule has 0 amide bonds. The van der Waals surface area contributed by atoms with Crippen LogP contribution >= 0.6 is 35.6 Å². The second-order valence-electron chi connectivity index (χ2n) is 4.72. The smallest absolute Gasteiger partial charge is 0.131 e. The summed E-state index contributed by atoms with van der Waals surface area (Å²) in [5.41, 5.74) is 7.59. The quantitative estimate of drug-likeness (QED) is 0.868. The van der Waals surface area contributed by atoms with Crippen LogP contribution in [0.15, 0.2) is 30.3 Å². The van der Waals surface area contributed by atoms with Gasteiger partial charge in [-0.25, -0.2) is 4.39 Å². The fourth-order valence-electron chi connectivity index (χ4n) is 2.47. The van der Waals surface area contributed by atoms with E-state index in [2.05, 4.69) is 0 Å². The molecule has 0 aromatic heterocycles. The standard InChI is InChI=1S/C15H12Cl2FNO.ClH/c16-12-2-1-3-13(17)14(12)11-6-9(18)4-8-5-10(7-19)20-15(8)11;/h1-4,6,10H,5,7,19H2;1H. The van der Waals surface area contributed by atoms with Gasteiger partial charge in [0, 0.05) is 29.7 Å². The first-order chi connectivity index (χ1) is 9.60. The van der Waals surface area contributed by atoms with Crippen molar-refractivity contribution in [2.75, 3.05) is 6.54 Å². The molecule has 0 radical (unpaired) electrons. The molecule has 1 unspecified atom stereocenters. The van der Waals surface area contributed by atoms with Crippen molar-refractivity contribution < 1.29 is 9.13 Å². The Morgan fingerprint density at radius 2 is 1.90 bits per heavy atom. The molecule has 0 fully saturated rings. The number of benzene rings is 2. The molecule has 2 aromatic rings. The molecule has 1 aliphatic rings. The van der Waals surface area contributed by atoms with E-state index in [-0.39, 0.29) is 24.3 Å². The first-order valence-corrected chi connectivity index (χ1v) is 6.99. The van der Waals surface area contributed by atoms with Crippen LogP contribution in [0, 0.1) is 5.82 Å². The van der Waals surface area contributed by atoms with Crippen molar-refractivity contribution >= 4 is 35.6 Å². The molecule has 0 saturated heterocycles. The van der Waals surface area contributed by atoms with Gasteiger partial charge in [-0.3, -0.25) is 0 Å². The molecule has 3 rings (SSSR count). The van der Waals surface area contributed by atoms with E-state index in [0.717, 1.165) is 5.56 Å². The molecule has 0 aliphatic carbocycles. The summed E-state index contributed by atoms with van der Waals surface area (Å²) in [7, 11) is 0. The second-order valence-corrected chi connectivity index (χ2v) is 5.53. The summed E-state index contributed by atoms with van der Waals surface area (Å²) in [5, 5.41) is 0.926. The van der Waals surface area contributed by atoms with Gasteiger partial charge in [-0.05, 0) is 24.3 Å². The molecular formula is C15H13Cl3FNO. The average molecular weight is 349 g/mol. The highest BCUT2D eigenvalue weighted by Gasteiger charge is 2.27. The van der Waals surface area contributed by atoms with Crippen LogP contribution in [0.25, 0.3) is 11.1 Å². The molecule has 1 atom stereocenters. The SMILES string of the molecule is Cl.NCC1Cc2cc(F)cc(-c3c(Cl)cccc3Cl)c2O1. The number of hydrogen-bond acceptors (Lipinski definition) is 2. The van der Waals surface area contributed by atoms with Gasteiger partial charge in [-0.2, -0.15) is 0 Å². The first-order valence-electron chi connectivity index (χ1n) is 6.23. The maximum Gasteiger partial charge on any atom is 0.131 e. The number of hydrogen-bond donors (Lipinski definition) is 1. The molecule has 2 aromatic carbocycles. The zero-order valence-corrected chi connectivity index (χ0v) is 13.2. The Kier molecular flexibility index (Phi) is 4.99. The van der Waals surface area contributed by atoms with E-state index in [1.165, 1.54) is 12.1 Å². The van der Waals surface area contributed by atoms with Crippen LogP contribution < -0.4 is 10.5 Å². The van der Waals surface area contributed by atoms with Crippen LogP contribution in [-0.4, -0.2) is 12.6 Å². The Hall–Kier alpha value is -1.00. The average Bonchev–Trinajstić information content (AvgIpc) is 2.81. The molecule has 0 saturated carbocycles. The van der Waals surface area contributed by atoms with Crippen molar-refractivity contribution in [3.05, 3.63) is 51.8 Å². The Balaban J connectivity index is 0.00000161. The number of rotatable bonds is 2. The lowest BCUT2D eigenvalue weighted by molar-refractivity contribution is 0.242. The fourth-order valence-corrected chi connectivity index (χ4v) is 3.07. The summed E-state index contributed by atoms with van der Waals surface area (Å²) in [6.07, 6.45) is 0.463. The van der Waals surface area contributed by atoms with Gasteiger partial charge in [0.25, 0.3) is 0 Å². The molecule has 0 spiro atoms. The largest absolute Gasteiger partial charge is 0.488 e. The van der Waals surface area contributed by atoms with Gasteiger partial charge in [0.1, 0.15) is 17.7 Å². The van der Waals surface area contributed by atoms with E-state index in [1.807, 2.05) is 0 Å². The zero-order valence-electron chi connectivity index (χ0n) is 10.9. The summed E-state index contributed by atoms with van der Waals surface area (Å²) >= 11 is 12.4. The van der Waals surface area contributed by atoms with Crippen LogP contribution in [0.5, 0.6) is 5.75 Å². The minimum atomic E-state index is -0.337. The minimum Gasteiger partial charge on any atom is -0.488 e. The molecule has 1 aliphatic heterocycles. The lowest BCUT2D eigenvalue weighted by atomic mass is 10.00. The summed E-state index contributed by atoms with van der Waals surface area (Å²) in [6, 6.07) is 8.05. The van der Waals surface area contributed by atoms with E-state index >= 15 is 0 Å². The van der Waals surface area contributed by atoms with Crippen LogP contribution in [0.1, 0.15) is 5.56 Å². The predicted molar refractivity (Wildman–Crippen MR) is 86.3 cm³/mol. The Morgan fingerprint density at radius 1 is 1.24 bits per heavy atom. The molecule has 0 bridgehead atoms. The summed E-state index contributed by atoms with van der Waals surface area (Å²) < 4.78 is 19.6. The zero-order chi connectivity index (χ0) is 14.3. The van der Waals surface area contributed by atoms with Gasteiger partial charge in [-0.15, -0.1) is 12.4 Å². The van der Waals surface area contributed by atoms with E-state index in [0.29, 0.717) is 39.9 Å². The van der Waals surface area contributed by atoms with Gasteiger partial charge in [-0.1, -0.05) is 29.3 Å². The van der Waals surface area contributed by atoms with Gasteiger partial charge >= 0.3 is 0 Å². The topological polar surface area (TPSA) is 35.2 Å². The molecular weight excluding hydrogens is 336 g/mol. The highest BCUT2D eigenvalue weighted by Crippen LogP contribution is 2.44. The summed E-state index contributed by atoms with van der Waals surface area (Å²) in [4.78, 5) is 0. The molecule has 2 nitrogen and oxygen atoms in total. The predicted octanol–water partition coefficient (Wildman–Crippen LogP) is 4.48. The van der Waals surface area contributed by atoms with Crippen molar-refractivity contribution in [3.63, 3.8) is 0 Å². The maximum absolute atomic E-state index is 13.8. The van der Waals surface area contributed by atoms with Gasteiger partial charge in [0.15, 0.2) is 0 Å². The normalized spacial score (nSPS) is 16.1. The van der Waals surface area contributed by atoms with Crippen LogP contribution in [0.4, 0.5) is 4.39 Å². The van der Waals surface area contributed by atoms with E-state index < -0.39 is 0 Å². The van der Waals surface area contributed by atoms with Crippen molar-refractivity contribution in [2.45, 2.75) is 12.5 Å². The molecule has 6 heteroatoms. The number of nitrogens with two attached hydrogens (primary N) is 1. The molecule has 1 heterocycles. The van der Waals surface area contributed by atoms with E-state index in [9.17, 15) is 4.39 Å². The van der Waals surface area contributed by atoms with Crippen LogP contribution in [-0.2, 0) is 6.42 Å². The lowest BCUT2D eigenvalue weighted by Crippen LogP contribution is -2.24. The monoisotopic (exact) mass is 347 g/mol. The lowest BCUT2D eigenvalue weighted by Gasteiger charge is -2.13. The van der Waals surface area contributed by atoms with E-state index in [1.54, 1.807) is 18.2 Å². The molecule has 112 valence electrons. The molecule has 21 heavy (non-hydrogen) atoms. The Bertz CT molecular complexity index is 658. The summed E-state index contributed by atoms with van der Waals surface area (Å²) in [5.74, 6) is 0.285. The highest BCUT2D eigenvalue weighted by molar-refractivity contribution is 6.39. The fraction of sp³-hybridized carbons (Fsp3) is 0.200. The third kappa shape index (κ3) is 2.97. The number of ether oxygens (including phenoxy) is 1. The van der Waals surface area contributed by atoms with Gasteiger partial charge in [0.05, 0.1) is 10.0 Å². The van der Waals surface area contributed by atoms with E-state index in [4.69, 9.17) is 33.7 Å².